The number of phosphoric acid groups is 1. The molecule has 3 aromatic heterocycles. The Balaban J connectivity index is 1.16. The van der Waals surface area contributed by atoms with E-state index in [1.165, 1.54) is 94.3 Å². The number of hydrogen-bond acceptors (Lipinski definition) is 12. The fraction of sp³-hybridized carbons (Fsp3) is 0.718. The van der Waals surface area contributed by atoms with Crippen molar-refractivity contribution < 1.29 is 45.9 Å². The zero-order chi connectivity index (χ0) is 41.0. The molecule has 3 N–H and O–H groups in total. The number of halogens is 3. The Morgan fingerprint density at radius 2 is 1.58 bits per heavy atom. The number of alkyl halides is 3. The van der Waals surface area contributed by atoms with E-state index in [1.54, 1.807) is 12.1 Å². The van der Waals surface area contributed by atoms with Gasteiger partial charge in [-0.2, -0.15) is 23.5 Å². The Morgan fingerprint density at radius 1 is 0.965 bits per heavy atom. The Hall–Kier alpha value is -3.23. The van der Waals surface area contributed by atoms with E-state index in [-0.39, 0.29) is 37.6 Å². The molecular formula is C39H59F3N7O7P. The first-order valence-electron chi connectivity index (χ1n) is 20.3. The third kappa shape index (κ3) is 15.8. The number of ether oxygens (including phenoxy) is 3. The van der Waals surface area contributed by atoms with E-state index in [4.69, 9.17) is 29.0 Å². The van der Waals surface area contributed by atoms with Crippen LogP contribution in [0.3, 0.4) is 0 Å². The maximum absolute atomic E-state index is 12.9. The van der Waals surface area contributed by atoms with Crippen LogP contribution in [0.2, 0.25) is 0 Å². The van der Waals surface area contributed by atoms with Gasteiger partial charge in [0.2, 0.25) is 5.82 Å². The first kappa shape index (κ1) is 46.5. The molecule has 4 atom stereocenters. The topological polar surface area (TPSA) is 189 Å². The normalized spacial score (nSPS) is 18.8. The summed E-state index contributed by atoms with van der Waals surface area (Å²) >= 11 is 0. The lowest BCUT2D eigenvalue weighted by molar-refractivity contribution is -0.145. The van der Waals surface area contributed by atoms with E-state index in [1.807, 2.05) is 0 Å². The lowest BCUT2D eigenvalue weighted by Crippen LogP contribution is -2.28. The minimum absolute atomic E-state index is 0.00397. The van der Waals surface area contributed by atoms with Gasteiger partial charge in [0, 0.05) is 24.6 Å². The van der Waals surface area contributed by atoms with Crippen molar-refractivity contribution in [3.63, 3.8) is 0 Å². The lowest BCUT2D eigenvalue weighted by atomic mass is 9.98. The van der Waals surface area contributed by atoms with Crippen molar-refractivity contribution in [2.24, 2.45) is 0 Å². The van der Waals surface area contributed by atoms with Crippen LogP contribution < -0.4 is 5.73 Å². The summed E-state index contributed by atoms with van der Waals surface area (Å²) in [4.78, 5) is 21.2. The number of aromatic nitrogens is 5. The third-order valence-corrected chi connectivity index (χ3v) is 11.0. The highest BCUT2D eigenvalue weighted by atomic mass is 31.2. The van der Waals surface area contributed by atoms with Gasteiger partial charge in [-0.15, -0.1) is 0 Å². The number of nitrogens with two attached hydrogens (primary N) is 1. The largest absolute Gasteiger partial charge is 0.472 e. The number of nitrogens with zero attached hydrogens (tertiary/aromatic N) is 6. The van der Waals surface area contributed by atoms with E-state index < -0.39 is 44.2 Å². The highest BCUT2D eigenvalue weighted by Gasteiger charge is 2.45. The van der Waals surface area contributed by atoms with Crippen LogP contribution in [0, 0.1) is 11.3 Å². The van der Waals surface area contributed by atoms with Crippen molar-refractivity contribution in [3.8, 4) is 6.07 Å². The monoisotopic (exact) mass is 825 g/mol. The van der Waals surface area contributed by atoms with Gasteiger partial charge in [-0.1, -0.05) is 103 Å². The molecule has 0 spiro atoms. The highest BCUT2D eigenvalue weighted by molar-refractivity contribution is 7.47. The SMILES string of the molecule is CCCCCCCCCCCCCCCCCCOC[C@H](COP(=O)(O)OC[C@@H]1CC[C@](C#N)(c2ccc3c(N)ncnn23)O1)OCc1cnc(C(F)(F)F)nc1. The minimum atomic E-state index is -4.68. The molecule has 14 nitrogen and oxygen atoms in total. The molecule has 57 heavy (non-hydrogen) atoms. The quantitative estimate of drug-likeness (QED) is 0.0499. The molecule has 0 aliphatic carbocycles. The zero-order valence-electron chi connectivity index (χ0n) is 33.0. The van der Waals surface area contributed by atoms with Crippen LogP contribution in [0.1, 0.15) is 140 Å². The van der Waals surface area contributed by atoms with Crippen molar-refractivity contribution in [2.75, 3.05) is 32.2 Å². The Morgan fingerprint density at radius 3 is 2.18 bits per heavy atom. The number of rotatable bonds is 29. The molecule has 0 saturated carbocycles. The maximum atomic E-state index is 12.9. The molecule has 3 aromatic rings. The molecular weight excluding hydrogens is 766 g/mol. The van der Waals surface area contributed by atoms with Crippen molar-refractivity contribution >= 4 is 19.2 Å². The predicted molar refractivity (Wildman–Crippen MR) is 207 cm³/mol. The predicted octanol–water partition coefficient (Wildman–Crippen LogP) is 9.02. The number of anilines is 1. The van der Waals surface area contributed by atoms with Crippen LogP contribution in [-0.4, -0.2) is 68.1 Å². The van der Waals surface area contributed by atoms with Gasteiger partial charge in [-0.25, -0.2) is 24.0 Å². The average Bonchev–Trinajstić information content (AvgIpc) is 3.83. The van der Waals surface area contributed by atoms with Gasteiger partial charge in [0.25, 0.3) is 0 Å². The van der Waals surface area contributed by atoms with Gasteiger partial charge in [-0.05, 0) is 31.4 Å². The fourth-order valence-electron chi connectivity index (χ4n) is 6.76. The Kier molecular flexibility index (Phi) is 19.6. The van der Waals surface area contributed by atoms with Crippen molar-refractivity contribution in [1.82, 2.24) is 24.6 Å². The molecule has 4 heterocycles. The van der Waals surface area contributed by atoms with Gasteiger partial charge in [0.15, 0.2) is 11.4 Å². The summed E-state index contributed by atoms with van der Waals surface area (Å²) in [5, 5.41) is 14.3. The summed E-state index contributed by atoms with van der Waals surface area (Å²) in [5.41, 5.74) is 5.75. The summed E-state index contributed by atoms with van der Waals surface area (Å²) in [6.07, 6.45) is 17.6. The highest BCUT2D eigenvalue weighted by Crippen LogP contribution is 2.46. The molecule has 1 unspecified atom stereocenters. The van der Waals surface area contributed by atoms with Gasteiger partial charge in [-0.3, -0.25) is 9.05 Å². The second-order valence-electron chi connectivity index (χ2n) is 14.7. The van der Waals surface area contributed by atoms with Crippen LogP contribution in [0.4, 0.5) is 19.0 Å². The van der Waals surface area contributed by atoms with Gasteiger partial charge in [0.05, 0.1) is 38.2 Å². The molecule has 1 aliphatic heterocycles. The van der Waals surface area contributed by atoms with Crippen molar-refractivity contribution in [1.29, 1.82) is 5.26 Å². The molecule has 1 saturated heterocycles. The van der Waals surface area contributed by atoms with E-state index in [0.717, 1.165) is 31.7 Å². The van der Waals surface area contributed by atoms with E-state index in [2.05, 4.69) is 33.0 Å². The summed E-state index contributed by atoms with van der Waals surface area (Å²) in [6.45, 7) is 1.72. The number of phosphoric ester groups is 1. The van der Waals surface area contributed by atoms with Gasteiger partial charge >= 0.3 is 14.0 Å². The molecule has 0 amide bonds. The van der Waals surface area contributed by atoms with E-state index in [9.17, 15) is 27.9 Å². The molecule has 4 rings (SSSR count). The molecule has 0 radical (unpaired) electrons. The van der Waals surface area contributed by atoms with Gasteiger partial charge < -0.3 is 24.8 Å². The van der Waals surface area contributed by atoms with Crippen LogP contribution >= 0.6 is 7.82 Å². The second-order valence-corrected chi connectivity index (χ2v) is 16.1. The van der Waals surface area contributed by atoms with Crippen LogP contribution in [0.5, 0.6) is 0 Å². The molecule has 1 fully saturated rings. The summed E-state index contributed by atoms with van der Waals surface area (Å²) < 4.78 is 81.3. The second kappa shape index (κ2) is 24.0. The van der Waals surface area contributed by atoms with Crippen LogP contribution in [0.25, 0.3) is 5.52 Å². The third-order valence-electron chi connectivity index (χ3n) is 10.0. The Labute approximate surface area is 333 Å². The first-order valence-corrected chi connectivity index (χ1v) is 21.8. The lowest BCUT2D eigenvalue weighted by Gasteiger charge is -2.23. The number of nitriles is 1. The average molecular weight is 826 g/mol. The molecule has 18 heteroatoms. The molecule has 0 aromatic carbocycles. The zero-order valence-corrected chi connectivity index (χ0v) is 33.9. The van der Waals surface area contributed by atoms with Crippen molar-refractivity contribution in [3.05, 3.63) is 47.9 Å². The minimum Gasteiger partial charge on any atom is -0.382 e. The number of unbranched alkanes of at least 4 members (excludes halogenated alkanes) is 15. The van der Waals surface area contributed by atoms with Crippen molar-refractivity contribution in [2.45, 2.75) is 153 Å². The number of fused-ring (bicyclic) bond motifs is 1. The fourth-order valence-corrected chi connectivity index (χ4v) is 7.55. The first-order chi connectivity index (χ1) is 27.5. The molecule has 1 aliphatic rings. The maximum Gasteiger partial charge on any atom is 0.472 e. The van der Waals surface area contributed by atoms with E-state index in [0.29, 0.717) is 24.2 Å². The number of nitrogen functional groups attached to an aromatic ring is 1. The van der Waals surface area contributed by atoms with Crippen LogP contribution in [0.15, 0.2) is 30.9 Å². The summed E-state index contributed by atoms with van der Waals surface area (Å²) in [5.74, 6) is -1.04. The number of hydrogen-bond donors (Lipinski definition) is 2. The summed E-state index contributed by atoms with van der Waals surface area (Å²) in [6, 6.07) is 5.55. The standard InChI is InChI=1S/C39H59F3N7O7P/c1-2-3-4-5-6-7-8-9-10-11-12-13-14-15-16-17-22-52-26-33(53-25-31-23-45-37(46-24-31)39(40,41)42)28-55-57(50,51)54-27-32-20-21-38(29-43,56-32)35-19-18-34-36(44)47-30-48-49(34)35/h18-19,23-24,30,32-33H,2-17,20-22,25-28H2,1H3,(H,50,51)(H2,44,47,48)/t32-,33+,38-/m0/s1. The smallest absolute Gasteiger partial charge is 0.382 e. The van der Waals surface area contributed by atoms with E-state index >= 15 is 0 Å². The van der Waals surface area contributed by atoms with Gasteiger partial charge in [0.1, 0.15) is 24.0 Å². The molecule has 0 bridgehead atoms. The molecule has 318 valence electrons. The Bertz CT molecular complexity index is 1700. The van der Waals surface area contributed by atoms with Crippen LogP contribution in [-0.2, 0) is 46.2 Å². The summed E-state index contributed by atoms with van der Waals surface area (Å²) in [7, 11) is -4.64.